The first kappa shape index (κ1) is 16.2. The van der Waals surface area contributed by atoms with Crippen LogP contribution >= 0.6 is 0 Å². The molecule has 0 aromatic heterocycles. The summed E-state index contributed by atoms with van der Waals surface area (Å²) in [7, 11) is 0. The van der Waals surface area contributed by atoms with Crippen LogP contribution in [0, 0.1) is 0 Å². The highest BCUT2D eigenvalue weighted by atomic mass is 14.9. The van der Waals surface area contributed by atoms with E-state index in [0.717, 1.165) is 6.54 Å². The fraction of sp³-hybridized carbons (Fsp3) is 0.667. The molecule has 0 aliphatic carbocycles. The van der Waals surface area contributed by atoms with Crippen molar-refractivity contribution >= 4 is 0 Å². The van der Waals surface area contributed by atoms with Gasteiger partial charge in [-0.2, -0.15) is 0 Å². The minimum atomic E-state index is 0.599. The zero-order chi connectivity index (χ0) is 14.1. The molecule has 0 heterocycles. The average Bonchev–Trinajstić information content (AvgIpc) is 2.44. The van der Waals surface area contributed by atoms with E-state index in [-0.39, 0.29) is 0 Å². The Morgan fingerprint density at radius 3 is 2.16 bits per heavy atom. The van der Waals surface area contributed by atoms with Crippen molar-refractivity contribution in [1.29, 1.82) is 0 Å². The van der Waals surface area contributed by atoms with Gasteiger partial charge in [0.2, 0.25) is 0 Å². The summed E-state index contributed by atoms with van der Waals surface area (Å²) in [5, 5.41) is 3.71. The fourth-order valence-corrected chi connectivity index (χ4v) is 2.68. The molecular formula is C18H31N. The van der Waals surface area contributed by atoms with Crippen molar-refractivity contribution in [3.63, 3.8) is 0 Å². The molecule has 0 amide bonds. The molecule has 0 radical (unpaired) electrons. The Hall–Kier alpha value is -0.820. The van der Waals surface area contributed by atoms with Crippen molar-refractivity contribution < 1.29 is 0 Å². The summed E-state index contributed by atoms with van der Waals surface area (Å²) in [5.74, 6) is 0.599. The van der Waals surface area contributed by atoms with E-state index in [1.807, 2.05) is 0 Å². The van der Waals surface area contributed by atoms with Gasteiger partial charge >= 0.3 is 0 Å². The third kappa shape index (κ3) is 5.36. The van der Waals surface area contributed by atoms with Crippen molar-refractivity contribution in [3.8, 4) is 0 Å². The van der Waals surface area contributed by atoms with Gasteiger partial charge in [-0.05, 0) is 42.9 Å². The standard InChI is InChI=1S/C18H31N/c1-5-8-16-10-12-17(13-11-16)15(4)18(9-6-2)19-14-7-3/h10-13,15,18-19H,5-9,14H2,1-4H3. The maximum absolute atomic E-state index is 3.71. The van der Waals surface area contributed by atoms with Gasteiger partial charge in [-0.25, -0.2) is 0 Å². The molecular weight excluding hydrogens is 230 g/mol. The molecule has 1 heteroatoms. The van der Waals surface area contributed by atoms with Crippen LogP contribution in [0.25, 0.3) is 0 Å². The molecule has 1 rings (SSSR count). The Balaban J connectivity index is 2.68. The van der Waals surface area contributed by atoms with E-state index < -0.39 is 0 Å². The molecule has 1 aromatic carbocycles. The van der Waals surface area contributed by atoms with E-state index in [1.54, 1.807) is 0 Å². The van der Waals surface area contributed by atoms with Crippen molar-refractivity contribution in [2.24, 2.45) is 0 Å². The summed E-state index contributed by atoms with van der Waals surface area (Å²) in [4.78, 5) is 0. The largest absolute Gasteiger partial charge is 0.313 e. The summed E-state index contributed by atoms with van der Waals surface area (Å²) in [6, 6.07) is 9.87. The smallest absolute Gasteiger partial charge is 0.0133 e. The van der Waals surface area contributed by atoms with Crippen LogP contribution in [0.4, 0.5) is 0 Å². The number of hydrogen-bond donors (Lipinski definition) is 1. The van der Waals surface area contributed by atoms with Gasteiger partial charge in [0.25, 0.3) is 0 Å². The second-order valence-corrected chi connectivity index (χ2v) is 5.63. The first-order chi connectivity index (χ1) is 9.22. The molecule has 0 aliphatic rings. The summed E-state index contributed by atoms with van der Waals surface area (Å²) >= 11 is 0. The predicted octanol–water partition coefficient (Wildman–Crippen LogP) is 4.91. The van der Waals surface area contributed by atoms with Crippen LogP contribution in [-0.4, -0.2) is 12.6 Å². The molecule has 0 bridgehead atoms. The van der Waals surface area contributed by atoms with E-state index in [9.17, 15) is 0 Å². The SMILES string of the molecule is CCCNC(CCC)C(C)c1ccc(CCC)cc1. The summed E-state index contributed by atoms with van der Waals surface area (Å²) in [6.07, 6.45) is 6.15. The third-order valence-electron chi connectivity index (χ3n) is 3.90. The first-order valence-electron chi connectivity index (χ1n) is 8.05. The second kappa shape index (κ2) is 9.14. The van der Waals surface area contributed by atoms with Gasteiger partial charge in [-0.1, -0.05) is 64.8 Å². The maximum atomic E-state index is 3.71. The molecule has 0 saturated carbocycles. The average molecular weight is 261 g/mol. The molecule has 0 saturated heterocycles. The van der Waals surface area contributed by atoms with Crippen LogP contribution in [0.2, 0.25) is 0 Å². The zero-order valence-electron chi connectivity index (χ0n) is 13.2. The first-order valence-corrected chi connectivity index (χ1v) is 8.05. The van der Waals surface area contributed by atoms with E-state index in [1.165, 1.54) is 43.2 Å². The van der Waals surface area contributed by atoms with Crippen molar-refractivity contribution in [2.75, 3.05) is 6.54 Å². The lowest BCUT2D eigenvalue weighted by Gasteiger charge is -2.25. The fourth-order valence-electron chi connectivity index (χ4n) is 2.68. The Morgan fingerprint density at radius 1 is 0.947 bits per heavy atom. The Morgan fingerprint density at radius 2 is 1.63 bits per heavy atom. The minimum Gasteiger partial charge on any atom is -0.313 e. The minimum absolute atomic E-state index is 0.599. The van der Waals surface area contributed by atoms with Gasteiger partial charge < -0.3 is 5.32 Å². The topological polar surface area (TPSA) is 12.0 Å². The lowest BCUT2D eigenvalue weighted by molar-refractivity contribution is 0.420. The zero-order valence-corrected chi connectivity index (χ0v) is 13.2. The van der Waals surface area contributed by atoms with Crippen LogP contribution in [0.5, 0.6) is 0 Å². The van der Waals surface area contributed by atoms with Gasteiger partial charge in [0.1, 0.15) is 0 Å². The molecule has 2 atom stereocenters. The highest BCUT2D eigenvalue weighted by molar-refractivity contribution is 5.26. The Labute approximate surface area is 119 Å². The van der Waals surface area contributed by atoms with Crippen LogP contribution in [0.1, 0.15) is 70.4 Å². The van der Waals surface area contributed by atoms with E-state index in [4.69, 9.17) is 0 Å². The van der Waals surface area contributed by atoms with Gasteiger partial charge in [-0.15, -0.1) is 0 Å². The molecule has 19 heavy (non-hydrogen) atoms. The number of rotatable bonds is 9. The second-order valence-electron chi connectivity index (χ2n) is 5.63. The highest BCUT2D eigenvalue weighted by Gasteiger charge is 2.17. The maximum Gasteiger partial charge on any atom is 0.0133 e. The van der Waals surface area contributed by atoms with E-state index in [0.29, 0.717) is 12.0 Å². The molecule has 108 valence electrons. The number of hydrogen-bond acceptors (Lipinski definition) is 1. The lowest BCUT2D eigenvalue weighted by Crippen LogP contribution is -2.34. The molecule has 0 aliphatic heterocycles. The van der Waals surface area contributed by atoms with Crippen molar-refractivity contribution in [3.05, 3.63) is 35.4 Å². The molecule has 1 N–H and O–H groups in total. The summed E-state index contributed by atoms with van der Waals surface area (Å²) in [6.45, 7) is 10.2. The summed E-state index contributed by atoms with van der Waals surface area (Å²) in [5.41, 5.74) is 2.94. The Kier molecular flexibility index (Phi) is 7.81. The van der Waals surface area contributed by atoms with Crippen molar-refractivity contribution in [2.45, 2.75) is 71.8 Å². The molecule has 2 unspecified atom stereocenters. The molecule has 0 fully saturated rings. The van der Waals surface area contributed by atoms with Crippen molar-refractivity contribution in [1.82, 2.24) is 5.32 Å². The van der Waals surface area contributed by atoms with Gasteiger partial charge in [0.05, 0.1) is 0 Å². The molecule has 0 spiro atoms. The van der Waals surface area contributed by atoms with Gasteiger partial charge in [0, 0.05) is 6.04 Å². The summed E-state index contributed by atoms with van der Waals surface area (Å²) < 4.78 is 0. The quantitative estimate of drug-likeness (QED) is 0.666. The third-order valence-corrected chi connectivity index (χ3v) is 3.90. The number of benzene rings is 1. The van der Waals surface area contributed by atoms with E-state index in [2.05, 4.69) is 57.3 Å². The highest BCUT2D eigenvalue weighted by Crippen LogP contribution is 2.23. The predicted molar refractivity (Wildman–Crippen MR) is 85.8 cm³/mol. The molecule has 1 aromatic rings. The monoisotopic (exact) mass is 261 g/mol. The van der Waals surface area contributed by atoms with Crippen LogP contribution in [-0.2, 0) is 6.42 Å². The van der Waals surface area contributed by atoms with Crippen LogP contribution in [0.15, 0.2) is 24.3 Å². The van der Waals surface area contributed by atoms with Crippen LogP contribution in [0.3, 0.4) is 0 Å². The van der Waals surface area contributed by atoms with Gasteiger partial charge in [0.15, 0.2) is 0 Å². The molecule has 1 nitrogen and oxygen atoms in total. The van der Waals surface area contributed by atoms with Crippen LogP contribution < -0.4 is 5.32 Å². The van der Waals surface area contributed by atoms with Gasteiger partial charge in [-0.3, -0.25) is 0 Å². The number of aryl methyl sites for hydroxylation is 1. The lowest BCUT2D eigenvalue weighted by atomic mass is 9.89. The number of nitrogens with one attached hydrogen (secondary N) is 1. The Bertz CT molecular complexity index is 328. The van der Waals surface area contributed by atoms with E-state index >= 15 is 0 Å². The normalized spacial score (nSPS) is 14.3.